The standard InChI is InChI=1S/C17H24N2OS/c1-12-3-2-4-14(9-12)11-19-16(20)10-13-5-7-15(8-6-13)17(18)21/h5-8,12,14H,2-4,9-11H2,1H3,(H2,18,21)(H,19,20). The van der Waals surface area contributed by atoms with Gasteiger partial charge in [-0.3, -0.25) is 4.79 Å². The molecule has 0 heterocycles. The number of carbonyl (C=O) groups excluding carboxylic acids is 1. The van der Waals surface area contributed by atoms with Crippen LogP contribution in [-0.2, 0) is 11.2 Å². The van der Waals surface area contributed by atoms with E-state index >= 15 is 0 Å². The predicted molar refractivity (Wildman–Crippen MR) is 90.2 cm³/mol. The van der Waals surface area contributed by atoms with Crippen molar-refractivity contribution in [3.8, 4) is 0 Å². The molecule has 0 saturated heterocycles. The number of benzene rings is 1. The zero-order valence-corrected chi connectivity index (χ0v) is 13.4. The van der Waals surface area contributed by atoms with Gasteiger partial charge in [-0.25, -0.2) is 0 Å². The summed E-state index contributed by atoms with van der Waals surface area (Å²) in [5.74, 6) is 1.54. The van der Waals surface area contributed by atoms with E-state index in [0.717, 1.165) is 23.6 Å². The molecule has 0 spiro atoms. The zero-order valence-electron chi connectivity index (χ0n) is 12.6. The number of rotatable bonds is 5. The van der Waals surface area contributed by atoms with Crippen molar-refractivity contribution >= 4 is 23.1 Å². The second-order valence-electron chi connectivity index (χ2n) is 6.18. The molecule has 3 nitrogen and oxygen atoms in total. The van der Waals surface area contributed by atoms with Crippen molar-refractivity contribution < 1.29 is 4.79 Å². The summed E-state index contributed by atoms with van der Waals surface area (Å²) < 4.78 is 0. The Morgan fingerprint density at radius 2 is 2.05 bits per heavy atom. The second kappa shape index (κ2) is 7.55. The Labute approximate surface area is 132 Å². The maximum atomic E-state index is 12.0. The summed E-state index contributed by atoms with van der Waals surface area (Å²) in [5, 5.41) is 3.07. The molecule has 2 rings (SSSR count). The summed E-state index contributed by atoms with van der Waals surface area (Å²) in [6, 6.07) is 7.56. The van der Waals surface area contributed by atoms with Crippen LogP contribution in [-0.4, -0.2) is 17.4 Å². The minimum absolute atomic E-state index is 0.0938. The lowest BCUT2D eigenvalue weighted by Gasteiger charge is -2.26. The van der Waals surface area contributed by atoms with Crippen molar-refractivity contribution in [3.05, 3.63) is 35.4 Å². The summed E-state index contributed by atoms with van der Waals surface area (Å²) in [6.45, 7) is 3.12. The fourth-order valence-electron chi connectivity index (χ4n) is 3.04. The molecule has 1 aromatic rings. The van der Waals surface area contributed by atoms with Crippen molar-refractivity contribution in [1.82, 2.24) is 5.32 Å². The van der Waals surface area contributed by atoms with E-state index in [4.69, 9.17) is 18.0 Å². The van der Waals surface area contributed by atoms with Crippen LogP contribution in [0.2, 0.25) is 0 Å². The lowest BCUT2D eigenvalue weighted by atomic mass is 9.82. The molecule has 1 saturated carbocycles. The third kappa shape index (κ3) is 5.12. The Morgan fingerprint density at radius 3 is 2.67 bits per heavy atom. The molecule has 2 unspecified atom stereocenters. The Bertz CT molecular complexity index is 498. The van der Waals surface area contributed by atoms with Crippen LogP contribution >= 0.6 is 12.2 Å². The minimum atomic E-state index is 0.0938. The summed E-state index contributed by atoms with van der Waals surface area (Å²) in [4.78, 5) is 12.4. The highest BCUT2D eigenvalue weighted by atomic mass is 32.1. The predicted octanol–water partition coefficient (Wildman–Crippen LogP) is 2.81. The number of carbonyl (C=O) groups is 1. The fraction of sp³-hybridized carbons (Fsp3) is 0.529. The Balaban J connectivity index is 1.77. The van der Waals surface area contributed by atoms with E-state index < -0.39 is 0 Å². The lowest BCUT2D eigenvalue weighted by molar-refractivity contribution is -0.120. The summed E-state index contributed by atoms with van der Waals surface area (Å²) in [6.07, 6.45) is 5.53. The van der Waals surface area contributed by atoms with E-state index in [2.05, 4.69) is 12.2 Å². The van der Waals surface area contributed by atoms with Crippen LogP contribution in [0, 0.1) is 11.8 Å². The molecule has 1 aliphatic carbocycles. The Morgan fingerprint density at radius 1 is 1.33 bits per heavy atom. The molecule has 21 heavy (non-hydrogen) atoms. The van der Waals surface area contributed by atoms with Gasteiger partial charge in [-0.15, -0.1) is 0 Å². The van der Waals surface area contributed by atoms with Gasteiger partial charge in [0.15, 0.2) is 0 Å². The molecule has 114 valence electrons. The summed E-state index contributed by atoms with van der Waals surface area (Å²) in [5.41, 5.74) is 7.39. The van der Waals surface area contributed by atoms with Crippen LogP contribution in [0.5, 0.6) is 0 Å². The summed E-state index contributed by atoms with van der Waals surface area (Å²) >= 11 is 4.92. The van der Waals surface area contributed by atoms with Crippen LogP contribution in [0.15, 0.2) is 24.3 Å². The Kier molecular flexibility index (Phi) is 5.74. The maximum absolute atomic E-state index is 12.0. The Hall–Kier alpha value is -1.42. The van der Waals surface area contributed by atoms with Crippen molar-refractivity contribution in [3.63, 3.8) is 0 Å². The van der Waals surface area contributed by atoms with Gasteiger partial charge in [0.05, 0.1) is 6.42 Å². The molecule has 1 aromatic carbocycles. The van der Waals surface area contributed by atoms with Gasteiger partial charge in [-0.2, -0.15) is 0 Å². The molecule has 0 bridgehead atoms. The second-order valence-corrected chi connectivity index (χ2v) is 6.62. The first-order chi connectivity index (χ1) is 10.0. The molecule has 1 aliphatic rings. The van der Waals surface area contributed by atoms with E-state index in [1.165, 1.54) is 25.7 Å². The molecule has 3 N–H and O–H groups in total. The SMILES string of the molecule is CC1CCCC(CNC(=O)Cc2ccc(C(N)=S)cc2)C1. The maximum Gasteiger partial charge on any atom is 0.224 e. The van der Waals surface area contributed by atoms with Crippen LogP contribution < -0.4 is 11.1 Å². The first kappa shape index (κ1) is 16.0. The molecule has 1 fully saturated rings. The van der Waals surface area contributed by atoms with E-state index in [0.29, 0.717) is 17.3 Å². The van der Waals surface area contributed by atoms with Gasteiger partial charge in [0, 0.05) is 12.1 Å². The number of hydrogen-bond donors (Lipinski definition) is 2. The number of thiocarbonyl (C=S) groups is 1. The van der Waals surface area contributed by atoms with Gasteiger partial charge >= 0.3 is 0 Å². The average molecular weight is 304 g/mol. The number of nitrogens with two attached hydrogens (primary N) is 1. The van der Waals surface area contributed by atoms with Crippen LogP contribution in [0.3, 0.4) is 0 Å². The van der Waals surface area contributed by atoms with Crippen molar-refractivity contribution in [1.29, 1.82) is 0 Å². The van der Waals surface area contributed by atoms with E-state index in [1.54, 1.807) is 0 Å². The number of nitrogens with one attached hydrogen (secondary N) is 1. The van der Waals surface area contributed by atoms with E-state index in [9.17, 15) is 4.79 Å². The van der Waals surface area contributed by atoms with Gasteiger partial charge in [-0.05, 0) is 30.2 Å². The van der Waals surface area contributed by atoms with Crippen LogP contribution in [0.4, 0.5) is 0 Å². The van der Waals surface area contributed by atoms with Crippen LogP contribution in [0.1, 0.15) is 43.7 Å². The third-order valence-corrected chi connectivity index (χ3v) is 4.47. The highest BCUT2D eigenvalue weighted by molar-refractivity contribution is 7.80. The summed E-state index contributed by atoms with van der Waals surface area (Å²) in [7, 11) is 0. The highest BCUT2D eigenvalue weighted by Gasteiger charge is 2.19. The van der Waals surface area contributed by atoms with Crippen molar-refractivity contribution in [2.24, 2.45) is 17.6 Å². The molecular weight excluding hydrogens is 280 g/mol. The third-order valence-electron chi connectivity index (χ3n) is 4.24. The number of hydrogen-bond acceptors (Lipinski definition) is 2. The largest absolute Gasteiger partial charge is 0.389 e. The van der Waals surface area contributed by atoms with E-state index in [1.807, 2.05) is 24.3 Å². The first-order valence-corrected chi connectivity index (χ1v) is 8.11. The topological polar surface area (TPSA) is 55.1 Å². The first-order valence-electron chi connectivity index (χ1n) is 7.70. The quantitative estimate of drug-likeness (QED) is 0.823. The van der Waals surface area contributed by atoms with Crippen LogP contribution in [0.25, 0.3) is 0 Å². The molecule has 2 atom stereocenters. The van der Waals surface area contributed by atoms with Gasteiger partial charge < -0.3 is 11.1 Å². The molecule has 4 heteroatoms. The van der Waals surface area contributed by atoms with Gasteiger partial charge in [0.2, 0.25) is 5.91 Å². The van der Waals surface area contributed by atoms with Gasteiger partial charge in [0.1, 0.15) is 4.99 Å². The smallest absolute Gasteiger partial charge is 0.224 e. The molecule has 0 radical (unpaired) electrons. The van der Waals surface area contributed by atoms with Crippen molar-refractivity contribution in [2.75, 3.05) is 6.54 Å². The zero-order chi connectivity index (χ0) is 15.2. The highest BCUT2D eigenvalue weighted by Crippen LogP contribution is 2.27. The molecular formula is C17H24N2OS. The van der Waals surface area contributed by atoms with E-state index in [-0.39, 0.29) is 5.91 Å². The minimum Gasteiger partial charge on any atom is -0.389 e. The molecule has 0 aromatic heterocycles. The van der Waals surface area contributed by atoms with Crippen molar-refractivity contribution in [2.45, 2.75) is 39.0 Å². The molecule has 0 aliphatic heterocycles. The number of amides is 1. The average Bonchev–Trinajstić information content (AvgIpc) is 2.46. The molecule has 1 amide bonds. The fourth-order valence-corrected chi connectivity index (χ4v) is 3.17. The normalized spacial score (nSPS) is 21.8. The van der Waals surface area contributed by atoms with Gasteiger partial charge in [-0.1, -0.05) is 56.2 Å². The lowest BCUT2D eigenvalue weighted by Crippen LogP contribution is -2.32. The monoisotopic (exact) mass is 304 g/mol. The van der Waals surface area contributed by atoms with Gasteiger partial charge in [0.25, 0.3) is 0 Å².